The molecule has 2 aromatic rings. The molecule has 1 aliphatic rings. The van der Waals surface area contributed by atoms with Crippen molar-refractivity contribution in [2.24, 2.45) is 0 Å². The number of ether oxygens (including phenoxy) is 6. The van der Waals surface area contributed by atoms with E-state index >= 15 is 0 Å². The van der Waals surface area contributed by atoms with E-state index in [1.165, 1.54) is 27.7 Å². The summed E-state index contributed by atoms with van der Waals surface area (Å²) in [6.45, 7) is 6.91. The molecule has 0 spiro atoms. The van der Waals surface area contributed by atoms with E-state index in [0.717, 1.165) is 16.9 Å². The van der Waals surface area contributed by atoms with E-state index in [-0.39, 0.29) is 6.61 Å². The summed E-state index contributed by atoms with van der Waals surface area (Å²) in [7, 11) is 0. The van der Waals surface area contributed by atoms with Gasteiger partial charge in [-0.1, -0.05) is 35.9 Å². The molecule has 0 saturated carbocycles. The van der Waals surface area contributed by atoms with Gasteiger partial charge in [-0.25, -0.2) is 0 Å². The van der Waals surface area contributed by atoms with Crippen molar-refractivity contribution in [3.05, 3.63) is 64.2 Å². The van der Waals surface area contributed by atoms with Crippen LogP contribution in [0.2, 0.25) is 5.02 Å². The van der Waals surface area contributed by atoms with Gasteiger partial charge in [0.1, 0.15) is 24.6 Å². The van der Waals surface area contributed by atoms with Crippen LogP contribution in [0.1, 0.15) is 57.4 Å². The lowest BCUT2D eigenvalue weighted by atomic mass is 9.96. The molecule has 40 heavy (non-hydrogen) atoms. The molecule has 5 atom stereocenters. The zero-order chi connectivity index (χ0) is 29.4. The Morgan fingerprint density at radius 3 is 2.10 bits per heavy atom. The summed E-state index contributed by atoms with van der Waals surface area (Å²) in [5.74, 6) is -1.82. The molecule has 1 heterocycles. The van der Waals surface area contributed by atoms with Crippen LogP contribution in [-0.2, 0) is 49.3 Å². The topological polar surface area (TPSA) is 124 Å². The maximum Gasteiger partial charge on any atom is 0.303 e. The second-order valence-corrected chi connectivity index (χ2v) is 9.63. The average molecular weight is 577 g/mol. The minimum absolute atomic E-state index is 0.361. The van der Waals surface area contributed by atoms with E-state index in [4.69, 9.17) is 40.0 Å². The minimum atomic E-state index is -1.17. The molecule has 0 amide bonds. The highest BCUT2D eigenvalue weighted by Crippen LogP contribution is 2.40. The second-order valence-electron chi connectivity index (χ2n) is 9.22. The summed E-state index contributed by atoms with van der Waals surface area (Å²) in [4.78, 5) is 47.5. The van der Waals surface area contributed by atoms with Gasteiger partial charge >= 0.3 is 23.9 Å². The summed E-state index contributed by atoms with van der Waals surface area (Å²) >= 11 is 6.53. The van der Waals surface area contributed by atoms with Crippen molar-refractivity contribution in [1.29, 1.82) is 0 Å². The van der Waals surface area contributed by atoms with Gasteiger partial charge in [0.05, 0.1) is 6.61 Å². The van der Waals surface area contributed by atoms with Crippen molar-refractivity contribution in [3.63, 3.8) is 0 Å². The normalized spacial score (nSPS) is 20.8. The van der Waals surface area contributed by atoms with Crippen molar-refractivity contribution < 1.29 is 47.6 Å². The first-order valence-electron chi connectivity index (χ1n) is 12.8. The van der Waals surface area contributed by atoms with Crippen LogP contribution in [0.4, 0.5) is 0 Å². The molecule has 1 saturated heterocycles. The van der Waals surface area contributed by atoms with Gasteiger partial charge in [-0.05, 0) is 48.2 Å². The molecular weight excluding hydrogens is 544 g/mol. The standard InChI is InChI=1S/C29H33ClO10/c1-6-35-23-10-7-20(8-11-23)13-22-14-21(9-12-24(22)30)26-28(38-18(4)33)29(39-19(5)34)27(40-26)25(37-17(3)32)15-36-16(2)31/h7-12,14,25-29H,6,13,15H2,1-5H3/t25-,26-,27+,28-,29-/m0/s1. The third-order valence-corrected chi connectivity index (χ3v) is 6.38. The lowest BCUT2D eigenvalue weighted by molar-refractivity contribution is -0.176. The van der Waals surface area contributed by atoms with Gasteiger partial charge in [-0.2, -0.15) is 0 Å². The number of hydrogen-bond donors (Lipinski definition) is 0. The molecule has 0 unspecified atom stereocenters. The van der Waals surface area contributed by atoms with Crippen LogP contribution in [0, 0.1) is 0 Å². The zero-order valence-corrected chi connectivity index (χ0v) is 23.8. The van der Waals surface area contributed by atoms with Crippen LogP contribution >= 0.6 is 11.6 Å². The Balaban J connectivity index is 1.99. The predicted molar refractivity (Wildman–Crippen MR) is 143 cm³/mol. The first-order valence-corrected chi connectivity index (χ1v) is 13.2. The van der Waals surface area contributed by atoms with Crippen molar-refractivity contribution >= 4 is 35.5 Å². The molecule has 0 radical (unpaired) electrons. The first-order chi connectivity index (χ1) is 19.0. The molecule has 216 valence electrons. The first kappa shape index (κ1) is 30.9. The van der Waals surface area contributed by atoms with Crippen molar-refractivity contribution in [3.8, 4) is 5.75 Å². The van der Waals surface area contributed by atoms with Gasteiger partial charge in [0.2, 0.25) is 0 Å². The fraction of sp³-hybridized carbons (Fsp3) is 0.448. The Kier molecular flexibility index (Phi) is 10.9. The van der Waals surface area contributed by atoms with Crippen LogP contribution < -0.4 is 4.74 Å². The molecule has 3 rings (SSSR count). The molecule has 1 aliphatic heterocycles. The number of hydrogen-bond acceptors (Lipinski definition) is 10. The van der Waals surface area contributed by atoms with E-state index in [1.807, 2.05) is 37.3 Å². The SMILES string of the molecule is CCOc1ccc(Cc2cc([C@@H]3O[C@H]([C@H](COC(C)=O)OC(C)=O)[C@H](OC(C)=O)[C@H]3OC(C)=O)ccc2Cl)cc1. The fourth-order valence-corrected chi connectivity index (χ4v) is 4.69. The molecule has 0 aliphatic carbocycles. The maximum absolute atomic E-state index is 12.1. The molecular formula is C29H33ClO10. The maximum atomic E-state index is 12.1. The van der Waals surface area contributed by atoms with E-state index < -0.39 is 54.4 Å². The molecule has 10 nitrogen and oxygen atoms in total. The number of rotatable bonds is 11. The van der Waals surface area contributed by atoms with Crippen LogP contribution in [-0.4, -0.2) is 61.5 Å². The van der Waals surface area contributed by atoms with Crippen LogP contribution in [0.3, 0.4) is 0 Å². The van der Waals surface area contributed by atoms with Gasteiger partial charge in [-0.15, -0.1) is 0 Å². The Morgan fingerprint density at radius 1 is 0.875 bits per heavy atom. The quantitative estimate of drug-likeness (QED) is 0.285. The third kappa shape index (κ3) is 8.43. The average Bonchev–Trinajstić information content (AvgIpc) is 3.20. The second kappa shape index (κ2) is 14.1. The van der Waals surface area contributed by atoms with Crippen molar-refractivity contribution in [2.75, 3.05) is 13.2 Å². The Morgan fingerprint density at radius 2 is 1.52 bits per heavy atom. The van der Waals surface area contributed by atoms with Crippen LogP contribution in [0.15, 0.2) is 42.5 Å². The van der Waals surface area contributed by atoms with Crippen LogP contribution in [0.25, 0.3) is 0 Å². The highest BCUT2D eigenvalue weighted by atomic mass is 35.5. The molecule has 0 N–H and O–H groups in total. The number of carbonyl (C=O) groups excluding carboxylic acids is 4. The van der Waals surface area contributed by atoms with E-state index in [0.29, 0.717) is 23.6 Å². The smallest absolute Gasteiger partial charge is 0.303 e. The van der Waals surface area contributed by atoms with Crippen molar-refractivity contribution in [1.82, 2.24) is 0 Å². The lowest BCUT2D eigenvalue weighted by Crippen LogP contribution is -2.46. The number of benzene rings is 2. The predicted octanol–water partition coefficient (Wildman–Crippen LogP) is 4.13. The molecule has 2 aromatic carbocycles. The summed E-state index contributed by atoms with van der Waals surface area (Å²) in [5.41, 5.74) is 2.35. The Labute approximate surface area is 237 Å². The highest BCUT2D eigenvalue weighted by molar-refractivity contribution is 6.31. The summed E-state index contributed by atoms with van der Waals surface area (Å²) in [6.07, 6.45) is -4.97. The third-order valence-electron chi connectivity index (χ3n) is 6.02. The van der Waals surface area contributed by atoms with Gasteiger partial charge in [0, 0.05) is 32.7 Å². The lowest BCUT2D eigenvalue weighted by Gasteiger charge is -2.27. The van der Waals surface area contributed by atoms with E-state index in [1.54, 1.807) is 12.1 Å². The summed E-state index contributed by atoms with van der Waals surface area (Å²) in [6, 6.07) is 12.9. The highest BCUT2D eigenvalue weighted by Gasteiger charge is 2.53. The van der Waals surface area contributed by atoms with Gasteiger partial charge < -0.3 is 28.4 Å². The van der Waals surface area contributed by atoms with E-state index in [9.17, 15) is 19.2 Å². The Bertz CT molecular complexity index is 1210. The van der Waals surface area contributed by atoms with Crippen molar-refractivity contribution in [2.45, 2.75) is 71.6 Å². The van der Waals surface area contributed by atoms with E-state index in [2.05, 4.69) is 0 Å². The zero-order valence-electron chi connectivity index (χ0n) is 23.0. The monoisotopic (exact) mass is 576 g/mol. The fourth-order valence-electron chi connectivity index (χ4n) is 4.50. The molecule has 1 fully saturated rings. The van der Waals surface area contributed by atoms with Gasteiger partial charge in [0.15, 0.2) is 18.3 Å². The molecule has 11 heteroatoms. The number of halogens is 1. The van der Waals surface area contributed by atoms with Gasteiger partial charge in [0.25, 0.3) is 0 Å². The molecule has 0 bridgehead atoms. The molecule has 0 aromatic heterocycles. The summed E-state index contributed by atoms with van der Waals surface area (Å²) in [5, 5.41) is 0.514. The largest absolute Gasteiger partial charge is 0.494 e. The van der Waals surface area contributed by atoms with Gasteiger partial charge in [-0.3, -0.25) is 19.2 Å². The number of carbonyl (C=O) groups is 4. The summed E-state index contributed by atoms with van der Waals surface area (Å²) < 4.78 is 33.4. The number of esters is 4. The minimum Gasteiger partial charge on any atom is -0.494 e. The Hall–Kier alpha value is -3.63. The van der Waals surface area contributed by atoms with Crippen LogP contribution in [0.5, 0.6) is 5.75 Å².